The van der Waals surface area contributed by atoms with E-state index < -0.39 is 5.82 Å². The summed E-state index contributed by atoms with van der Waals surface area (Å²) in [5.74, 6) is 1.27. The lowest BCUT2D eigenvalue weighted by atomic mass is 9.79. The van der Waals surface area contributed by atoms with Gasteiger partial charge in [-0.25, -0.2) is 19.3 Å². The molecule has 7 nitrogen and oxygen atoms in total. The number of halogens is 1. The highest BCUT2D eigenvalue weighted by Gasteiger charge is 2.48. The van der Waals surface area contributed by atoms with E-state index in [9.17, 15) is 4.39 Å². The predicted molar refractivity (Wildman–Crippen MR) is 92.5 cm³/mol. The average molecular weight is 359 g/mol. The van der Waals surface area contributed by atoms with E-state index in [-0.39, 0.29) is 5.60 Å². The van der Waals surface area contributed by atoms with Crippen LogP contribution in [-0.4, -0.2) is 51.8 Å². The van der Waals surface area contributed by atoms with Gasteiger partial charge in [0.05, 0.1) is 44.0 Å². The van der Waals surface area contributed by atoms with Crippen molar-refractivity contribution in [1.29, 1.82) is 0 Å². The van der Waals surface area contributed by atoms with Gasteiger partial charge in [0, 0.05) is 12.8 Å². The largest absolute Gasteiger partial charge is 0.477 e. The highest BCUT2D eigenvalue weighted by molar-refractivity contribution is 5.37. The van der Waals surface area contributed by atoms with E-state index in [1.165, 1.54) is 12.4 Å². The number of hydrogen-bond acceptors (Lipinski definition) is 7. The second kappa shape index (κ2) is 7.11. The molecule has 138 valence electrons. The van der Waals surface area contributed by atoms with Crippen LogP contribution < -0.4 is 9.64 Å². The first-order valence-corrected chi connectivity index (χ1v) is 8.90. The summed E-state index contributed by atoms with van der Waals surface area (Å²) in [7, 11) is 0. The van der Waals surface area contributed by atoms with Crippen molar-refractivity contribution < 1.29 is 13.9 Å². The van der Waals surface area contributed by atoms with Gasteiger partial charge in [0.15, 0.2) is 5.82 Å². The average Bonchev–Trinajstić information content (AvgIpc) is 2.61. The van der Waals surface area contributed by atoms with Gasteiger partial charge in [0.25, 0.3) is 0 Å². The van der Waals surface area contributed by atoms with Gasteiger partial charge in [-0.1, -0.05) is 0 Å². The van der Waals surface area contributed by atoms with Crippen molar-refractivity contribution in [2.75, 3.05) is 31.2 Å². The fraction of sp³-hybridized carbons (Fsp3) is 0.556. The maximum absolute atomic E-state index is 12.9. The van der Waals surface area contributed by atoms with Gasteiger partial charge in [0.1, 0.15) is 5.60 Å². The first kappa shape index (κ1) is 17.1. The molecule has 2 aliphatic rings. The maximum Gasteiger partial charge on any atom is 0.232 e. The quantitative estimate of drug-likeness (QED) is 0.810. The molecule has 0 radical (unpaired) electrons. The summed E-state index contributed by atoms with van der Waals surface area (Å²) in [6.07, 6.45) is 8.75. The minimum absolute atomic E-state index is 0.135. The van der Waals surface area contributed by atoms with Crippen LogP contribution in [0, 0.1) is 18.7 Å². The van der Waals surface area contributed by atoms with E-state index in [2.05, 4.69) is 19.9 Å². The molecule has 0 N–H and O–H groups in total. The SMILES string of the molecule is Cc1cncc(OCCC2CCOC3(C2)CN(c2ncc(F)cn2)C3)n1. The van der Waals surface area contributed by atoms with Crippen molar-refractivity contribution in [1.82, 2.24) is 19.9 Å². The molecule has 0 aliphatic carbocycles. The van der Waals surface area contributed by atoms with E-state index in [1.54, 1.807) is 12.4 Å². The van der Waals surface area contributed by atoms with Crippen LogP contribution in [0.25, 0.3) is 0 Å². The molecule has 2 aromatic heterocycles. The van der Waals surface area contributed by atoms with Gasteiger partial charge in [-0.2, -0.15) is 0 Å². The second-order valence-electron chi connectivity index (χ2n) is 7.08. The fourth-order valence-corrected chi connectivity index (χ4v) is 3.70. The first-order chi connectivity index (χ1) is 12.6. The minimum Gasteiger partial charge on any atom is -0.477 e. The topological polar surface area (TPSA) is 73.3 Å². The standard InChI is InChI=1S/C18H22FN5O2/c1-13-7-20-10-16(23-13)25-4-2-14-3-5-26-18(6-14)11-24(12-18)17-21-8-15(19)9-22-17/h7-10,14H,2-6,11-12H2,1H3. The molecule has 1 spiro atoms. The highest BCUT2D eigenvalue weighted by atomic mass is 19.1. The number of hydrogen-bond donors (Lipinski definition) is 0. The summed E-state index contributed by atoms with van der Waals surface area (Å²) in [5.41, 5.74) is 0.717. The van der Waals surface area contributed by atoms with Crippen LogP contribution in [0.1, 0.15) is 25.0 Å². The number of nitrogens with zero attached hydrogens (tertiary/aromatic N) is 5. The van der Waals surface area contributed by atoms with Crippen LogP contribution in [0.5, 0.6) is 5.88 Å². The summed E-state index contributed by atoms with van der Waals surface area (Å²) in [4.78, 5) is 18.5. The van der Waals surface area contributed by atoms with E-state index in [0.29, 0.717) is 24.4 Å². The van der Waals surface area contributed by atoms with Crippen molar-refractivity contribution >= 4 is 5.95 Å². The zero-order valence-corrected chi connectivity index (χ0v) is 14.8. The number of aromatic nitrogens is 4. The predicted octanol–water partition coefficient (Wildman–Crippen LogP) is 2.17. The molecular formula is C18H22FN5O2. The Bertz CT molecular complexity index is 752. The lowest BCUT2D eigenvalue weighted by Crippen LogP contribution is -2.66. The van der Waals surface area contributed by atoms with E-state index in [4.69, 9.17) is 9.47 Å². The van der Waals surface area contributed by atoms with Crippen molar-refractivity contribution in [2.45, 2.75) is 31.8 Å². The summed E-state index contributed by atoms with van der Waals surface area (Å²) in [6, 6.07) is 0. The van der Waals surface area contributed by atoms with E-state index in [1.807, 2.05) is 11.8 Å². The number of rotatable bonds is 5. The van der Waals surface area contributed by atoms with Crippen LogP contribution in [0.4, 0.5) is 10.3 Å². The molecule has 4 rings (SSSR count). The molecule has 1 atom stereocenters. The van der Waals surface area contributed by atoms with Crippen molar-refractivity contribution in [3.63, 3.8) is 0 Å². The monoisotopic (exact) mass is 359 g/mol. The maximum atomic E-state index is 12.9. The molecular weight excluding hydrogens is 337 g/mol. The molecule has 0 saturated carbocycles. The Kier molecular flexibility index (Phi) is 4.67. The molecule has 2 fully saturated rings. The van der Waals surface area contributed by atoms with E-state index >= 15 is 0 Å². The van der Waals surface area contributed by atoms with Gasteiger partial charge in [-0.05, 0) is 32.1 Å². The number of anilines is 1. The molecule has 0 aromatic carbocycles. The van der Waals surface area contributed by atoms with Crippen LogP contribution in [-0.2, 0) is 4.74 Å². The molecule has 2 saturated heterocycles. The summed E-state index contributed by atoms with van der Waals surface area (Å²) < 4.78 is 24.7. The fourth-order valence-electron chi connectivity index (χ4n) is 3.70. The molecule has 1 unspecified atom stereocenters. The first-order valence-electron chi connectivity index (χ1n) is 8.90. The summed E-state index contributed by atoms with van der Waals surface area (Å²) in [6.45, 7) is 4.78. The summed E-state index contributed by atoms with van der Waals surface area (Å²) >= 11 is 0. The zero-order chi connectivity index (χ0) is 18.0. The third kappa shape index (κ3) is 3.75. The third-order valence-electron chi connectivity index (χ3n) is 4.95. The van der Waals surface area contributed by atoms with Gasteiger partial charge >= 0.3 is 0 Å². The Morgan fingerprint density at radius 3 is 2.85 bits per heavy atom. The van der Waals surface area contributed by atoms with Crippen LogP contribution in [0.2, 0.25) is 0 Å². The van der Waals surface area contributed by atoms with Crippen molar-refractivity contribution in [3.05, 3.63) is 36.3 Å². The number of aryl methyl sites for hydroxylation is 1. The molecule has 26 heavy (non-hydrogen) atoms. The lowest BCUT2D eigenvalue weighted by molar-refractivity contribution is -0.115. The second-order valence-corrected chi connectivity index (χ2v) is 7.08. The van der Waals surface area contributed by atoms with Gasteiger partial charge < -0.3 is 14.4 Å². The molecule has 0 bridgehead atoms. The Balaban J connectivity index is 1.26. The van der Waals surface area contributed by atoms with Crippen LogP contribution in [0.15, 0.2) is 24.8 Å². The van der Waals surface area contributed by atoms with Gasteiger partial charge in [-0.3, -0.25) is 4.98 Å². The van der Waals surface area contributed by atoms with Crippen molar-refractivity contribution in [3.8, 4) is 5.88 Å². The zero-order valence-electron chi connectivity index (χ0n) is 14.8. The third-order valence-corrected chi connectivity index (χ3v) is 4.95. The van der Waals surface area contributed by atoms with Crippen LogP contribution in [0.3, 0.4) is 0 Å². The Hall–Kier alpha value is -2.35. The van der Waals surface area contributed by atoms with Crippen LogP contribution >= 0.6 is 0 Å². The normalized spacial score (nSPS) is 21.5. The Labute approximate surface area is 151 Å². The minimum atomic E-state index is -0.420. The Morgan fingerprint density at radius 1 is 1.27 bits per heavy atom. The molecule has 0 amide bonds. The van der Waals surface area contributed by atoms with Gasteiger partial charge in [0.2, 0.25) is 11.8 Å². The molecule has 4 heterocycles. The lowest BCUT2D eigenvalue weighted by Gasteiger charge is -2.53. The van der Waals surface area contributed by atoms with Crippen molar-refractivity contribution in [2.24, 2.45) is 5.92 Å². The molecule has 8 heteroatoms. The molecule has 2 aliphatic heterocycles. The van der Waals surface area contributed by atoms with Gasteiger partial charge in [-0.15, -0.1) is 0 Å². The number of ether oxygens (including phenoxy) is 2. The Morgan fingerprint density at radius 2 is 2.08 bits per heavy atom. The smallest absolute Gasteiger partial charge is 0.232 e. The van der Waals surface area contributed by atoms with E-state index in [0.717, 1.165) is 44.7 Å². The molecule has 2 aromatic rings. The highest BCUT2D eigenvalue weighted by Crippen LogP contribution is 2.39. The summed E-state index contributed by atoms with van der Waals surface area (Å²) in [5, 5.41) is 0.